The summed E-state index contributed by atoms with van der Waals surface area (Å²) in [5, 5.41) is 3.56. The van der Waals surface area contributed by atoms with Crippen molar-refractivity contribution in [3.05, 3.63) is 30.3 Å². The zero-order valence-electron chi connectivity index (χ0n) is 10.4. The van der Waals surface area contributed by atoms with Crippen molar-refractivity contribution in [3.63, 3.8) is 0 Å². The molecule has 1 aromatic rings. The summed E-state index contributed by atoms with van der Waals surface area (Å²) in [5.41, 5.74) is 0.163. The van der Waals surface area contributed by atoms with Crippen molar-refractivity contribution in [2.75, 3.05) is 12.9 Å². The van der Waals surface area contributed by atoms with E-state index >= 15 is 0 Å². The number of ketones is 2. The molecule has 0 saturated carbocycles. The van der Waals surface area contributed by atoms with Crippen molar-refractivity contribution in [1.82, 2.24) is 0 Å². The van der Waals surface area contributed by atoms with Crippen LogP contribution >= 0.6 is 11.8 Å². The third-order valence-electron chi connectivity index (χ3n) is 2.12. The van der Waals surface area contributed by atoms with Gasteiger partial charge in [0.05, 0.1) is 12.2 Å². The molecular formula is C13H15NO3S. The van der Waals surface area contributed by atoms with Gasteiger partial charge < -0.3 is 4.84 Å². The van der Waals surface area contributed by atoms with Crippen LogP contribution in [0.5, 0.6) is 0 Å². The number of carbonyl (C=O) groups is 2. The summed E-state index contributed by atoms with van der Waals surface area (Å²) in [5.74, 6) is 0.0322. The van der Waals surface area contributed by atoms with Crippen LogP contribution in [-0.4, -0.2) is 30.1 Å². The topological polar surface area (TPSA) is 55.7 Å². The third-order valence-corrected chi connectivity index (χ3v) is 3.19. The zero-order chi connectivity index (χ0) is 13.4. The highest BCUT2D eigenvalue weighted by Gasteiger charge is 2.13. The first kappa shape index (κ1) is 14.4. The molecule has 0 amide bonds. The summed E-state index contributed by atoms with van der Waals surface area (Å²) < 4.78 is 0. The molecule has 96 valence electrons. The summed E-state index contributed by atoms with van der Waals surface area (Å²) in [6.07, 6.45) is 0.0169. The molecule has 0 aliphatic carbocycles. The molecule has 0 fully saturated rings. The van der Waals surface area contributed by atoms with Crippen LogP contribution in [0.2, 0.25) is 0 Å². The molecule has 0 bridgehead atoms. The van der Waals surface area contributed by atoms with Gasteiger partial charge in [-0.1, -0.05) is 23.4 Å². The molecule has 0 aromatic heterocycles. The van der Waals surface area contributed by atoms with Gasteiger partial charge >= 0.3 is 0 Å². The lowest BCUT2D eigenvalue weighted by Crippen LogP contribution is -2.17. The Morgan fingerprint density at radius 1 is 1.28 bits per heavy atom. The summed E-state index contributed by atoms with van der Waals surface area (Å²) >= 11 is 1.44. The zero-order valence-corrected chi connectivity index (χ0v) is 11.2. The standard InChI is InChI=1S/C13H15NO3S/c1-10(15)13(14-17-2)8-11(16)9-18-12-6-4-3-5-7-12/h3-7H,8-9H2,1-2H3/b14-13-. The van der Waals surface area contributed by atoms with E-state index in [2.05, 4.69) is 9.99 Å². The summed E-state index contributed by atoms with van der Waals surface area (Å²) in [6.45, 7) is 1.37. The number of hydrogen-bond acceptors (Lipinski definition) is 5. The number of hydrogen-bond donors (Lipinski definition) is 0. The molecule has 1 rings (SSSR count). The van der Waals surface area contributed by atoms with E-state index in [4.69, 9.17) is 0 Å². The van der Waals surface area contributed by atoms with Gasteiger partial charge in [-0.3, -0.25) is 9.59 Å². The Morgan fingerprint density at radius 2 is 1.94 bits per heavy atom. The van der Waals surface area contributed by atoms with E-state index in [1.807, 2.05) is 30.3 Å². The minimum atomic E-state index is -0.241. The Morgan fingerprint density at radius 3 is 2.50 bits per heavy atom. The lowest BCUT2D eigenvalue weighted by atomic mass is 10.1. The van der Waals surface area contributed by atoms with Crippen molar-refractivity contribution in [3.8, 4) is 0 Å². The highest BCUT2D eigenvalue weighted by atomic mass is 32.2. The second-order valence-corrected chi connectivity index (χ2v) is 4.64. The van der Waals surface area contributed by atoms with E-state index in [1.165, 1.54) is 25.8 Å². The van der Waals surface area contributed by atoms with Crippen LogP contribution in [0.4, 0.5) is 0 Å². The lowest BCUT2D eigenvalue weighted by molar-refractivity contribution is -0.117. The number of oxime groups is 1. The van der Waals surface area contributed by atoms with Gasteiger partial charge in [-0.25, -0.2) is 0 Å². The molecule has 0 aliphatic rings. The van der Waals surface area contributed by atoms with Gasteiger partial charge in [-0.15, -0.1) is 11.8 Å². The fraction of sp³-hybridized carbons (Fsp3) is 0.308. The molecule has 0 aliphatic heterocycles. The molecular weight excluding hydrogens is 250 g/mol. The molecule has 0 unspecified atom stereocenters. The molecule has 5 heteroatoms. The number of Topliss-reactive ketones (excluding diaryl/α,β-unsaturated/α-hetero) is 2. The Bertz CT molecular complexity index is 443. The molecule has 0 N–H and O–H groups in total. The van der Waals surface area contributed by atoms with Crippen LogP contribution in [-0.2, 0) is 14.4 Å². The Hall–Kier alpha value is -1.62. The molecule has 0 radical (unpaired) electrons. The summed E-state index contributed by atoms with van der Waals surface area (Å²) in [4.78, 5) is 28.4. The largest absolute Gasteiger partial charge is 0.399 e. The van der Waals surface area contributed by atoms with E-state index < -0.39 is 0 Å². The predicted octanol–water partition coefficient (Wildman–Crippen LogP) is 2.33. The minimum absolute atomic E-state index is 0.0169. The Kier molecular flexibility index (Phi) is 6.14. The van der Waals surface area contributed by atoms with E-state index in [9.17, 15) is 9.59 Å². The molecule has 0 heterocycles. The van der Waals surface area contributed by atoms with Crippen LogP contribution in [0.1, 0.15) is 13.3 Å². The first-order valence-corrected chi connectivity index (χ1v) is 6.42. The van der Waals surface area contributed by atoms with Crippen LogP contribution in [0.3, 0.4) is 0 Å². The van der Waals surface area contributed by atoms with E-state index in [-0.39, 0.29) is 23.7 Å². The molecule has 4 nitrogen and oxygen atoms in total. The van der Waals surface area contributed by atoms with Crippen molar-refractivity contribution < 1.29 is 14.4 Å². The van der Waals surface area contributed by atoms with Crippen LogP contribution in [0.25, 0.3) is 0 Å². The smallest absolute Gasteiger partial charge is 0.177 e. The first-order chi connectivity index (χ1) is 8.63. The monoisotopic (exact) mass is 265 g/mol. The maximum absolute atomic E-state index is 11.7. The van der Waals surface area contributed by atoms with Crippen molar-refractivity contribution in [2.24, 2.45) is 5.16 Å². The van der Waals surface area contributed by atoms with Gasteiger partial charge in [0.25, 0.3) is 0 Å². The van der Waals surface area contributed by atoms with Gasteiger partial charge in [0.1, 0.15) is 18.6 Å². The van der Waals surface area contributed by atoms with Gasteiger partial charge in [0.15, 0.2) is 5.78 Å². The summed E-state index contributed by atoms with van der Waals surface area (Å²) in [7, 11) is 1.35. The normalized spacial score (nSPS) is 11.1. The number of nitrogens with zero attached hydrogens (tertiary/aromatic N) is 1. The van der Waals surface area contributed by atoms with Gasteiger partial charge in [-0.05, 0) is 12.1 Å². The molecule has 1 aromatic carbocycles. The average Bonchev–Trinajstić information content (AvgIpc) is 2.37. The minimum Gasteiger partial charge on any atom is -0.399 e. The highest BCUT2D eigenvalue weighted by Crippen LogP contribution is 2.17. The van der Waals surface area contributed by atoms with E-state index in [0.29, 0.717) is 5.75 Å². The number of benzene rings is 1. The molecule has 18 heavy (non-hydrogen) atoms. The van der Waals surface area contributed by atoms with Gasteiger partial charge in [0, 0.05) is 11.8 Å². The highest BCUT2D eigenvalue weighted by molar-refractivity contribution is 8.00. The fourth-order valence-corrected chi connectivity index (χ4v) is 2.03. The second kappa shape index (κ2) is 7.66. The molecule has 0 spiro atoms. The van der Waals surface area contributed by atoms with Gasteiger partial charge in [0.2, 0.25) is 0 Å². The lowest BCUT2D eigenvalue weighted by Gasteiger charge is -2.02. The van der Waals surface area contributed by atoms with Crippen molar-refractivity contribution >= 4 is 29.0 Å². The van der Waals surface area contributed by atoms with E-state index in [0.717, 1.165) is 4.90 Å². The first-order valence-electron chi connectivity index (χ1n) is 5.44. The second-order valence-electron chi connectivity index (χ2n) is 3.59. The molecule has 0 saturated heterocycles. The quantitative estimate of drug-likeness (QED) is 0.431. The van der Waals surface area contributed by atoms with Crippen LogP contribution < -0.4 is 0 Å². The molecule has 0 atom stereocenters. The number of rotatable bonds is 7. The fourth-order valence-electron chi connectivity index (χ4n) is 1.25. The Labute approximate surface area is 110 Å². The van der Waals surface area contributed by atoms with Crippen molar-refractivity contribution in [2.45, 2.75) is 18.2 Å². The average molecular weight is 265 g/mol. The van der Waals surface area contributed by atoms with Gasteiger partial charge in [-0.2, -0.15) is 0 Å². The number of carbonyl (C=O) groups excluding carboxylic acids is 2. The predicted molar refractivity (Wildman–Crippen MR) is 71.9 cm³/mol. The maximum Gasteiger partial charge on any atom is 0.177 e. The van der Waals surface area contributed by atoms with Crippen LogP contribution in [0, 0.1) is 0 Å². The third kappa shape index (κ3) is 5.14. The SMILES string of the molecule is CO/N=C(/CC(=O)CSc1ccccc1)C(C)=O. The van der Waals surface area contributed by atoms with E-state index in [1.54, 1.807) is 0 Å². The van der Waals surface area contributed by atoms with Crippen molar-refractivity contribution in [1.29, 1.82) is 0 Å². The summed E-state index contributed by atoms with van der Waals surface area (Å²) in [6, 6.07) is 9.63. The number of thioether (sulfide) groups is 1. The maximum atomic E-state index is 11.7. The van der Waals surface area contributed by atoms with Crippen LogP contribution in [0.15, 0.2) is 40.4 Å². The Balaban J connectivity index is 2.47.